The Kier molecular flexibility index (Phi) is 6.86. The Hall–Kier alpha value is -1.77. The van der Waals surface area contributed by atoms with Crippen LogP contribution >= 0.6 is 11.6 Å². The molecule has 0 amide bonds. The molecule has 0 saturated heterocycles. The van der Waals surface area contributed by atoms with Crippen molar-refractivity contribution < 1.29 is 27.4 Å². The van der Waals surface area contributed by atoms with Crippen molar-refractivity contribution in [1.29, 1.82) is 0 Å². The van der Waals surface area contributed by atoms with Crippen LogP contribution in [0, 0.1) is 0 Å². The molecule has 0 saturated carbocycles. The van der Waals surface area contributed by atoms with Crippen LogP contribution in [0.15, 0.2) is 30.2 Å². The van der Waals surface area contributed by atoms with Gasteiger partial charge in [0, 0.05) is 24.2 Å². The molecule has 0 radical (unpaired) electrons. The van der Waals surface area contributed by atoms with E-state index in [4.69, 9.17) is 21.1 Å². The van der Waals surface area contributed by atoms with Crippen molar-refractivity contribution in [2.75, 3.05) is 27.5 Å². The molecule has 0 aliphatic heterocycles. The Balaban J connectivity index is 3.16. The van der Waals surface area contributed by atoms with Crippen molar-refractivity contribution in [3.8, 4) is 5.75 Å². The number of sulfonamides is 1. The summed E-state index contributed by atoms with van der Waals surface area (Å²) in [7, 11) is 0.594. The molecule has 0 N–H and O–H groups in total. The van der Waals surface area contributed by atoms with Gasteiger partial charge in [0.1, 0.15) is 12.0 Å². The number of rotatable bonds is 7. The summed E-state index contributed by atoms with van der Waals surface area (Å²) in [4.78, 5) is 11.6. The highest BCUT2D eigenvalue weighted by Crippen LogP contribution is 2.26. The topological polar surface area (TPSA) is 82.1 Å². The van der Waals surface area contributed by atoms with Crippen molar-refractivity contribution >= 4 is 27.6 Å². The lowest BCUT2D eigenvalue weighted by Gasteiger charge is -2.17. The molecular formula is C14H18ClNO6S. The zero-order chi connectivity index (χ0) is 17.6. The lowest BCUT2D eigenvalue weighted by Crippen LogP contribution is -2.25. The Morgan fingerprint density at radius 2 is 2.00 bits per heavy atom. The van der Waals surface area contributed by atoms with Crippen LogP contribution in [0.25, 0.3) is 0 Å². The number of benzene rings is 1. The predicted octanol–water partition coefficient (Wildman–Crippen LogP) is 1.77. The minimum absolute atomic E-state index is 0.0240. The lowest BCUT2D eigenvalue weighted by molar-refractivity contribution is -0.138. The Bertz CT molecular complexity index is 701. The maximum atomic E-state index is 11.6. The molecule has 0 unspecified atom stereocenters. The van der Waals surface area contributed by atoms with Crippen molar-refractivity contribution in [3.63, 3.8) is 0 Å². The predicted molar refractivity (Wildman–Crippen MR) is 85.5 cm³/mol. The van der Waals surface area contributed by atoms with E-state index in [1.807, 2.05) is 0 Å². The second-order valence-corrected chi connectivity index (χ2v) is 7.11. The molecule has 0 heterocycles. The molecule has 1 aromatic carbocycles. The van der Waals surface area contributed by atoms with Gasteiger partial charge in [0.15, 0.2) is 0 Å². The largest absolute Gasteiger partial charge is 0.500 e. The molecule has 0 spiro atoms. The summed E-state index contributed by atoms with van der Waals surface area (Å²) in [6.45, 7) is 0.0240. The third kappa shape index (κ3) is 5.74. The van der Waals surface area contributed by atoms with E-state index in [1.165, 1.54) is 27.3 Å². The highest BCUT2D eigenvalue weighted by Gasteiger charge is 2.18. The fraction of sp³-hybridized carbons (Fsp3) is 0.357. The van der Waals surface area contributed by atoms with Gasteiger partial charge in [0.25, 0.3) is 0 Å². The minimum atomic E-state index is -3.39. The van der Waals surface area contributed by atoms with Crippen LogP contribution in [-0.4, -0.2) is 46.2 Å². The van der Waals surface area contributed by atoms with Crippen LogP contribution in [0.3, 0.4) is 0 Å². The van der Waals surface area contributed by atoms with E-state index in [-0.39, 0.29) is 18.1 Å². The number of hydrogen-bond acceptors (Lipinski definition) is 6. The molecule has 7 nitrogen and oxygen atoms in total. The first-order chi connectivity index (χ1) is 10.7. The average Bonchev–Trinajstić information content (AvgIpc) is 2.47. The van der Waals surface area contributed by atoms with E-state index >= 15 is 0 Å². The molecule has 0 fully saturated rings. The molecule has 128 valence electrons. The van der Waals surface area contributed by atoms with Gasteiger partial charge in [0.05, 0.1) is 20.5 Å². The first-order valence-electron chi connectivity index (χ1n) is 6.38. The number of ether oxygens (including phenoxy) is 3. The number of halogens is 1. The quantitative estimate of drug-likeness (QED) is 0.417. The maximum absolute atomic E-state index is 11.6. The van der Waals surface area contributed by atoms with E-state index in [1.54, 1.807) is 12.1 Å². The van der Waals surface area contributed by atoms with Crippen molar-refractivity contribution in [1.82, 2.24) is 4.31 Å². The highest BCUT2D eigenvalue weighted by molar-refractivity contribution is 7.88. The number of esters is 1. The monoisotopic (exact) mass is 363 g/mol. The van der Waals surface area contributed by atoms with Gasteiger partial charge in [-0.05, 0) is 18.2 Å². The SMILES string of the molecule is COC=C(Oc1ccc(Cl)cc1CN(C)S(C)(=O)=O)C(=O)OC. The summed E-state index contributed by atoms with van der Waals surface area (Å²) >= 11 is 5.95. The molecule has 0 bridgehead atoms. The van der Waals surface area contributed by atoms with Gasteiger partial charge >= 0.3 is 5.97 Å². The summed E-state index contributed by atoms with van der Waals surface area (Å²) in [5.74, 6) is -0.650. The van der Waals surface area contributed by atoms with Gasteiger partial charge in [-0.15, -0.1) is 0 Å². The molecule has 0 aliphatic rings. The average molecular weight is 364 g/mol. The molecule has 23 heavy (non-hydrogen) atoms. The summed E-state index contributed by atoms with van der Waals surface area (Å²) in [6.07, 6.45) is 2.17. The van der Waals surface area contributed by atoms with Crippen LogP contribution in [0.1, 0.15) is 5.56 Å². The van der Waals surface area contributed by atoms with Crippen LogP contribution in [0.2, 0.25) is 5.02 Å². The van der Waals surface area contributed by atoms with Crippen LogP contribution in [0.4, 0.5) is 0 Å². The molecular weight excluding hydrogens is 346 g/mol. The van der Waals surface area contributed by atoms with E-state index < -0.39 is 16.0 Å². The zero-order valence-corrected chi connectivity index (χ0v) is 14.8. The third-order valence-electron chi connectivity index (χ3n) is 2.81. The van der Waals surface area contributed by atoms with E-state index in [0.29, 0.717) is 10.6 Å². The molecule has 9 heteroatoms. The van der Waals surface area contributed by atoms with Crippen LogP contribution < -0.4 is 4.74 Å². The maximum Gasteiger partial charge on any atom is 0.377 e. The second-order valence-electron chi connectivity index (χ2n) is 4.58. The van der Waals surface area contributed by atoms with Crippen molar-refractivity contribution in [3.05, 3.63) is 40.8 Å². The normalized spacial score (nSPS) is 12.2. The van der Waals surface area contributed by atoms with E-state index in [9.17, 15) is 13.2 Å². The van der Waals surface area contributed by atoms with Crippen molar-refractivity contribution in [2.45, 2.75) is 6.54 Å². The van der Waals surface area contributed by atoms with Crippen molar-refractivity contribution in [2.24, 2.45) is 0 Å². The summed E-state index contributed by atoms with van der Waals surface area (Å²) in [5, 5.41) is 0.407. The van der Waals surface area contributed by atoms with E-state index in [2.05, 4.69) is 4.74 Å². The van der Waals surface area contributed by atoms with Gasteiger partial charge in [0.2, 0.25) is 15.8 Å². The van der Waals surface area contributed by atoms with Crippen LogP contribution in [-0.2, 0) is 30.8 Å². The molecule has 0 atom stereocenters. The highest BCUT2D eigenvalue weighted by atomic mass is 35.5. The number of carbonyl (C=O) groups excluding carboxylic acids is 1. The zero-order valence-electron chi connectivity index (χ0n) is 13.2. The van der Waals surface area contributed by atoms with Gasteiger partial charge < -0.3 is 14.2 Å². The molecule has 0 aliphatic carbocycles. The summed E-state index contributed by atoms with van der Waals surface area (Å²) in [6, 6.07) is 4.64. The van der Waals surface area contributed by atoms with Gasteiger partial charge in [-0.3, -0.25) is 0 Å². The fourth-order valence-electron chi connectivity index (χ4n) is 1.57. The first kappa shape index (κ1) is 19.3. The lowest BCUT2D eigenvalue weighted by atomic mass is 10.2. The van der Waals surface area contributed by atoms with E-state index in [0.717, 1.165) is 16.8 Å². The number of carbonyl (C=O) groups is 1. The molecule has 0 aromatic heterocycles. The third-order valence-corrected chi connectivity index (χ3v) is 4.31. The van der Waals surface area contributed by atoms with Crippen LogP contribution in [0.5, 0.6) is 5.75 Å². The molecule has 1 rings (SSSR count). The number of nitrogens with zero attached hydrogens (tertiary/aromatic N) is 1. The second kappa shape index (κ2) is 8.19. The van der Waals surface area contributed by atoms with Gasteiger partial charge in [-0.1, -0.05) is 11.6 Å². The molecule has 1 aromatic rings. The fourth-order valence-corrected chi connectivity index (χ4v) is 2.14. The summed E-state index contributed by atoms with van der Waals surface area (Å²) < 4.78 is 39.1. The number of hydrogen-bond donors (Lipinski definition) is 0. The van der Waals surface area contributed by atoms with Gasteiger partial charge in [-0.2, -0.15) is 0 Å². The Morgan fingerprint density at radius 1 is 1.35 bits per heavy atom. The Labute approximate surface area is 140 Å². The Morgan fingerprint density at radius 3 is 2.52 bits per heavy atom. The number of methoxy groups -OCH3 is 2. The summed E-state index contributed by atoms with van der Waals surface area (Å²) in [5.41, 5.74) is 0.483. The minimum Gasteiger partial charge on any atom is -0.500 e. The smallest absolute Gasteiger partial charge is 0.377 e. The first-order valence-corrected chi connectivity index (χ1v) is 8.60. The standard InChI is InChI=1S/C14H18ClNO6S/c1-16(23(4,18)19)8-10-7-11(15)5-6-12(10)22-13(9-20-2)14(17)21-3/h5-7,9H,8H2,1-4H3. The van der Waals surface area contributed by atoms with Gasteiger partial charge in [-0.25, -0.2) is 17.5 Å².